The van der Waals surface area contributed by atoms with Gasteiger partial charge >= 0.3 is 0 Å². The molecule has 486 valence electrons. The van der Waals surface area contributed by atoms with Crippen molar-refractivity contribution < 1.29 is 29.2 Å². The molecule has 4 N–H and O–H groups in total. The Morgan fingerprint density at radius 2 is 0.707 bits per heavy atom. The normalized spacial score (nSPS) is 14.5. The number of aromatic nitrogens is 2. The Morgan fingerprint density at radius 3 is 1.03 bits per heavy atom. The van der Waals surface area contributed by atoms with Gasteiger partial charge in [-0.3, -0.25) is 0 Å². The van der Waals surface area contributed by atoms with Crippen LogP contribution in [0.2, 0.25) is 0 Å². The molecule has 0 spiro atoms. The molecule has 10 aromatic rings. The SMILES string of the molecule is CC(C)(C)CC(C)(C)c1cc(-n2c3ccc(C(C)(C)C)cc3c3cc(C(C)(C)C)ccc32)c(O)c(-c2cccc(F)c2)c1C(O)CC(C)(O)c1c(C(C)(C)CC(C)(C)C)cc(-n2c3ccc(C(C)(C)C)cc3c3cc(C(C)(C)C)ccc32)c(O)c1-c1cccc(F)c1. The number of aliphatic hydroxyl groups excluding tert-OH is 1. The molecule has 2 aromatic heterocycles. The van der Waals surface area contributed by atoms with E-state index in [4.69, 9.17) is 0 Å². The second kappa shape index (κ2) is 22.8. The molecule has 0 saturated carbocycles. The topological polar surface area (TPSA) is 90.8 Å². The fraction of sp³-hybridized carbons (Fsp3) is 0.429. The number of halogens is 2. The van der Waals surface area contributed by atoms with E-state index < -0.39 is 34.2 Å². The van der Waals surface area contributed by atoms with Gasteiger partial charge in [0.1, 0.15) is 23.1 Å². The van der Waals surface area contributed by atoms with E-state index >= 15 is 8.78 Å². The summed E-state index contributed by atoms with van der Waals surface area (Å²) in [5, 5.41) is 59.6. The van der Waals surface area contributed by atoms with Crippen molar-refractivity contribution >= 4 is 43.6 Å². The maximum atomic E-state index is 16.2. The van der Waals surface area contributed by atoms with Gasteiger partial charge in [0, 0.05) is 39.1 Å². The minimum Gasteiger partial charge on any atom is -0.505 e. The predicted molar refractivity (Wildman–Crippen MR) is 384 cm³/mol. The third-order valence-electron chi connectivity index (χ3n) is 19.2. The number of nitrogens with zero attached hydrogens (tertiary/aromatic N) is 2. The first-order valence-corrected chi connectivity index (χ1v) is 33.1. The number of phenols is 2. The predicted octanol–water partition coefficient (Wildman–Crippen LogP) is 22.9. The van der Waals surface area contributed by atoms with Gasteiger partial charge in [0.2, 0.25) is 0 Å². The molecule has 0 aliphatic heterocycles. The molecule has 0 bridgehead atoms. The molecule has 92 heavy (non-hydrogen) atoms. The van der Waals surface area contributed by atoms with E-state index in [1.165, 1.54) is 24.3 Å². The lowest BCUT2D eigenvalue weighted by molar-refractivity contribution is -0.00250. The van der Waals surface area contributed by atoms with Crippen molar-refractivity contribution in [2.24, 2.45) is 10.8 Å². The molecule has 10 rings (SSSR count). The molecule has 8 aromatic carbocycles. The van der Waals surface area contributed by atoms with Gasteiger partial charge in [-0.1, -0.05) is 201 Å². The molecular weight excluding hydrogens is 1140 g/mol. The summed E-state index contributed by atoms with van der Waals surface area (Å²) in [6.45, 7) is 49.9. The van der Waals surface area contributed by atoms with Gasteiger partial charge in [-0.15, -0.1) is 0 Å². The van der Waals surface area contributed by atoms with Crippen LogP contribution in [0, 0.1) is 22.5 Å². The Bertz CT molecular complexity index is 4380. The minimum atomic E-state index is -2.02. The van der Waals surface area contributed by atoms with Crippen LogP contribution in [0.3, 0.4) is 0 Å². The first kappa shape index (κ1) is 67.6. The highest BCUT2D eigenvalue weighted by Gasteiger charge is 2.44. The van der Waals surface area contributed by atoms with Gasteiger partial charge in [0.15, 0.2) is 0 Å². The van der Waals surface area contributed by atoms with E-state index in [1.807, 2.05) is 12.1 Å². The van der Waals surface area contributed by atoms with Crippen molar-refractivity contribution in [1.82, 2.24) is 9.13 Å². The molecule has 0 aliphatic rings. The highest BCUT2D eigenvalue weighted by Crippen LogP contribution is 2.56. The molecule has 2 heterocycles. The Labute approximate surface area is 547 Å². The van der Waals surface area contributed by atoms with Crippen LogP contribution in [0.1, 0.15) is 229 Å². The van der Waals surface area contributed by atoms with E-state index in [-0.39, 0.29) is 61.5 Å². The fourth-order valence-corrected chi connectivity index (χ4v) is 15.4. The fourth-order valence-electron chi connectivity index (χ4n) is 15.4. The number of aromatic hydroxyl groups is 2. The summed E-state index contributed by atoms with van der Waals surface area (Å²) in [5.41, 5.74) is 7.66. The summed E-state index contributed by atoms with van der Waals surface area (Å²) < 4.78 is 36.6. The molecule has 0 saturated heterocycles. The van der Waals surface area contributed by atoms with E-state index in [0.717, 1.165) is 65.9 Å². The van der Waals surface area contributed by atoms with Gasteiger partial charge in [-0.25, -0.2) is 8.78 Å². The van der Waals surface area contributed by atoms with Crippen molar-refractivity contribution in [3.05, 3.63) is 190 Å². The average Bonchev–Trinajstić information content (AvgIpc) is 1.36. The highest BCUT2D eigenvalue weighted by atomic mass is 19.1. The Hall–Kier alpha value is -7.26. The number of hydrogen-bond acceptors (Lipinski definition) is 4. The van der Waals surface area contributed by atoms with E-state index in [2.05, 4.69) is 234 Å². The van der Waals surface area contributed by atoms with Gasteiger partial charge in [-0.2, -0.15) is 0 Å². The quantitative estimate of drug-likeness (QED) is 0.0981. The molecule has 0 radical (unpaired) electrons. The first-order valence-electron chi connectivity index (χ1n) is 33.1. The Kier molecular flexibility index (Phi) is 16.7. The summed E-state index contributed by atoms with van der Waals surface area (Å²) >= 11 is 0. The second-order valence-electron chi connectivity index (χ2n) is 35.0. The summed E-state index contributed by atoms with van der Waals surface area (Å²) in [7, 11) is 0. The van der Waals surface area contributed by atoms with Crippen LogP contribution in [0.25, 0.3) is 77.2 Å². The lowest BCUT2D eigenvalue weighted by Crippen LogP contribution is -2.34. The number of aliphatic hydroxyl groups is 2. The van der Waals surface area contributed by atoms with Gasteiger partial charge < -0.3 is 29.6 Å². The van der Waals surface area contributed by atoms with Crippen LogP contribution in [0.4, 0.5) is 8.78 Å². The maximum Gasteiger partial charge on any atom is 0.147 e. The second-order valence-corrected chi connectivity index (χ2v) is 35.0. The number of fused-ring (bicyclic) bond motifs is 6. The van der Waals surface area contributed by atoms with Crippen LogP contribution < -0.4 is 0 Å². The number of benzene rings is 8. The monoisotopic (exact) mass is 1240 g/mol. The minimum absolute atomic E-state index is 0.164. The number of phenolic OH excluding ortho intramolecular Hbond substituents is 2. The van der Waals surface area contributed by atoms with E-state index in [9.17, 15) is 20.4 Å². The lowest BCUT2D eigenvalue weighted by atomic mass is 9.66. The molecular formula is C84H102F2N2O4. The largest absolute Gasteiger partial charge is 0.505 e. The summed E-state index contributed by atoms with van der Waals surface area (Å²) in [5.74, 6) is -1.38. The average molecular weight is 1240 g/mol. The van der Waals surface area contributed by atoms with Gasteiger partial charge in [0.25, 0.3) is 0 Å². The first-order chi connectivity index (χ1) is 42.2. The smallest absolute Gasteiger partial charge is 0.147 e. The van der Waals surface area contributed by atoms with Crippen LogP contribution in [-0.4, -0.2) is 29.6 Å². The zero-order valence-corrected chi connectivity index (χ0v) is 59.3. The van der Waals surface area contributed by atoms with Crippen LogP contribution in [0.5, 0.6) is 11.5 Å². The van der Waals surface area contributed by atoms with Crippen molar-refractivity contribution in [3.8, 4) is 45.1 Å². The Balaban J connectivity index is 1.31. The Morgan fingerprint density at radius 1 is 0.391 bits per heavy atom. The highest BCUT2D eigenvalue weighted by molar-refractivity contribution is 6.11. The third-order valence-corrected chi connectivity index (χ3v) is 19.2. The van der Waals surface area contributed by atoms with Crippen molar-refractivity contribution in [3.63, 3.8) is 0 Å². The standard InChI is InChI=1S/C84H102F2N2O4/c1-76(2,3)47-82(19,20)61-44-67(87-63-34-30-51(78(7,8)9)40-57(63)58-41-52(79(10,11)12)31-35-64(58)87)74(90)70(49-26-24-28-55(85)38-49)72(61)69(89)46-84(23,92)73-62(83(21,22)48-77(4,5)6)45-68(75(91)71(73)50-27-25-29-56(86)39-50)88-65-36-32-53(80(13,14)15)42-59(65)60-43-54(81(16,17)18)33-37-66(60)88/h24-45,69,89-92H,46-48H2,1-23H3. The molecule has 0 aliphatic carbocycles. The zero-order chi connectivity index (χ0) is 67.9. The molecule has 0 fully saturated rings. The maximum absolute atomic E-state index is 16.2. The van der Waals surface area contributed by atoms with E-state index in [0.29, 0.717) is 57.6 Å². The summed E-state index contributed by atoms with van der Waals surface area (Å²) in [6.07, 6.45) is -0.668. The number of hydrogen-bond donors (Lipinski definition) is 4. The zero-order valence-electron chi connectivity index (χ0n) is 59.3. The summed E-state index contributed by atoms with van der Waals surface area (Å²) in [4.78, 5) is 0. The third kappa shape index (κ3) is 12.8. The molecule has 8 heteroatoms. The molecule has 2 atom stereocenters. The van der Waals surface area contributed by atoms with Crippen LogP contribution in [-0.2, 0) is 38.1 Å². The van der Waals surface area contributed by atoms with Crippen LogP contribution >= 0.6 is 0 Å². The molecule has 6 nitrogen and oxygen atoms in total. The van der Waals surface area contributed by atoms with Crippen molar-refractivity contribution in [2.45, 2.75) is 223 Å². The van der Waals surface area contributed by atoms with Crippen molar-refractivity contribution in [1.29, 1.82) is 0 Å². The van der Waals surface area contributed by atoms with Gasteiger partial charge in [-0.05, 0) is 204 Å². The number of rotatable bonds is 12. The lowest BCUT2D eigenvalue weighted by Gasteiger charge is -2.41. The summed E-state index contributed by atoms with van der Waals surface area (Å²) in [6, 6.07) is 42.6. The van der Waals surface area contributed by atoms with Gasteiger partial charge in [0.05, 0.1) is 45.1 Å². The van der Waals surface area contributed by atoms with Crippen LogP contribution in [0.15, 0.2) is 133 Å². The molecule has 0 amide bonds. The molecule has 2 unspecified atom stereocenters. The van der Waals surface area contributed by atoms with E-state index in [1.54, 1.807) is 31.2 Å². The van der Waals surface area contributed by atoms with Crippen molar-refractivity contribution in [2.75, 3.05) is 0 Å².